The van der Waals surface area contributed by atoms with E-state index in [2.05, 4.69) is 10.2 Å². The molecule has 3 aromatic rings. The van der Waals surface area contributed by atoms with E-state index in [0.717, 1.165) is 29.8 Å². The van der Waals surface area contributed by atoms with Gasteiger partial charge in [0.15, 0.2) is 0 Å². The molecule has 0 aliphatic heterocycles. The van der Waals surface area contributed by atoms with E-state index in [-0.39, 0.29) is 28.7 Å². The predicted octanol–water partition coefficient (Wildman–Crippen LogP) is 4.38. The Balaban J connectivity index is 1.67. The minimum Gasteiger partial charge on any atom is -0.525 e. The average molecular weight is 647 g/mol. The third-order valence-electron chi connectivity index (χ3n) is 4.52. The molecule has 0 heterocycles. The summed E-state index contributed by atoms with van der Waals surface area (Å²) in [5.74, 6) is -0.121. The highest BCUT2D eigenvalue weighted by Crippen LogP contribution is 2.18. The highest BCUT2D eigenvalue weighted by molar-refractivity contribution is 14.1. The van der Waals surface area contributed by atoms with Crippen molar-refractivity contribution in [3.8, 4) is 11.5 Å². The fraction of sp³-hybridized carbons (Fsp3) is 0.174. The molecule has 0 spiro atoms. The van der Waals surface area contributed by atoms with Gasteiger partial charge in [-0.05, 0) is 67.0 Å². The Morgan fingerprint density at radius 1 is 1.08 bits per heavy atom. The predicted molar refractivity (Wildman–Crippen MR) is 143 cm³/mol. The number of hydroxylamine groups is 1. The summed E-state index contributed by atoms with van der Waals surface area (Å²) in [6, 6.07) is 17.6. The Morgan fingerprint density at radius 3 is 2.42 bits per heavy atom. The van der Waals surface area contributed by atoms with E-state index in [1.807, 2.05) is 22.4 Å². The van der Waals surface area contributed by atoms with Crippen molar-refractivity contribution in [2.45, 2.75) is 24.3 Å². The van der Waals surface area contributed by atoms with E-state index in [0.29, 0.717) is 16.5 Å². The third-order valence-corrected chi connectivity index (χ3v) is 6.50. The molecule has 0 fully saturated rings. The molecular weight excluding hydrogens is 624 g/mol. The first-order valence-corrected chi connectivity index (χ1v) is 13.7. The second kappa shape index (κ2) is 13.2. The van der Waals surface area contributed by atoms with Crippen LogP contribution in [-0.2, 0) is 25.9 Å². The molecule has 3 rings (SSSR count). The molecule has 36 heavy (non-hydrogen) atoms. The number of carbonyl (C=O) groups excluding carboxylic acids is 1. The fourth-order valence-electron chi connectivity index (χ4n) is 2.90. The van der Waals surface area contributed by atoms with Crippen molar-refractivity contribution in [2.24, 2.45) is 0 Å². The van der Waals surface area contributed by atoms with Gasteiger partial charge in [0.25, 0.3) is 5.97 Å². The number of rotatable bonds is 12. The fourth-order valence-corrected chi connectivity index (χ4v) is 4.49. The summed E-state index contributed by atoms with van der Waals surface area (Å²) in [5.41, 5.74) is 3.35. The molecular formula is C23H22BClFIN2O6S. The van der Waals surface area contributed by atoms with Crippen LogP contribution in [0.15, 0.2) is 77.7 Å². The van der Waals surface area contributed by atoms with Crippen molar-refractivity contribution < 1.29 is 31.8 Å². The highest BCUT2D eigenvalue weighted by atomic mass is 127. The second-order valence-corrected chi connectivity index (χ2v) is 11.4. The lowest BCUT2D eigenvalue weighted by atomic mass is 10.1. The van der Waals surface area contributed by atoms with E-state index < -0.39 is 22.0 Å². The molecule has 0 aromatic heterocycles. The van der Waals surface area contributed by atoms with E-state index in [1.165, 1.54) is 0 Å². The molecule has 0 saturated carbocycles. The van der Waals surface area contributed by atoms with Crippen LogP contribution in [0.4, 0.5) is 4.39 Å². The standard InChI is InChI=1S/C23H22BClFIN2O6S/c1-24(27)34-23(30)13-16-5-9-19(10-6-16)35-28-22(15-33-20-4-2-3-17(25)14-20)29-36(31,32)21-11-7-18(26)8-12-21/h2-12,14,22,28-29H,13,15H2,1H3. The maximum Gasteiger partial charge on any atom is 0.428 e. The summed E-state index contributed by atoms with van der Waals surface area (Å²) >= 11 is 7.97. The van der Waals surface area contributed by atoms with Crippen LogP contribution < -0.4 is 19.8 Å². The summed E-state index contributed by atoms with van der Waals surface area (Å²) in [5, 5.41) is 0.456. The van der Waals surface area contributed by atoms with Crippen LogP contribution in [0.25, 0.3) is 0 Å². The zero-order chi connectivity index (χ0) is 26.1. The SMILES string of the molecule is CB(I)OC(=O)Cc1ccc(ONC(COc2cccc(Cl)c2)NS(=O)(=O)c2ccc(F)cc2)cc1. The van der Waals surface area contributed by atoms with E-state index in [4.69, 9.17) is 25.8 Å². The molecule has 0 amide bonds. The summed E-state index contributed by atoms with van der Waals surface area (Å²) in [6.45, 7) is 1.59. The molecule has 0 radical (unpaired) electrons. The number of ether oxygens (including phenoxy) is 1. The monoisotopic (exact) mass is 646 g/mol. The van der Waals surface area contributed by atoms with Gasteiger partial charge in [0.1, 0.15) is 30.1 Å². The molecule has 8 nitrogen and oxygen atoms in total. The van der Waals surface area contributed by atoms with Gasteiger partial charge in [-0.1, -0.05) is 52.2 Å². The Kier molecular flexibility index (Phi) is 10.4. The Hall–Kier alpha value is -2.39. The topological polar surface area (TPSA) is 103 Å². The lowest BCUT2D eigenvalue weighted by Crippen LogP contribution is -2.50. The van der Waals surface area contributed by atoms with Gasteiger partial charge >= 0.3 is 4.77 Å². The Labute approximate surface area is 227 Å². The maximum absolute atomic E-state index is 13.2. The van der Waals surface area contributed by atoms with E-state index >= 15 is 0 Å². The third kappa shape index (κ3) is 9.24. The Bertz CT molecular complexity index is 1270. The van der Waals surface area contributed by atoms with Gasteiger partial charge in [0.2, 0.25) is 10.0 Å². The maximum atomic E-state index is 13.2. The van der Waals surface area contributed by atoms with Gasteiger partial charge in [0.05, 0.1) is 11.3 Å². The van der Waals surface area contributed by atoms with Gasteiger partial charge in [-0.25, -0.2) is 12.8 Å². The van der Waals surface area contributed by atoms with E-state index in [9.17, 15) is 17.6 Å². The summed E-state index contributed by atoms with van der Waals surface area (Å²) in [7, 11) is -4.04. The van der Waals surface area contributed by atoms with Gasteiger partial charge in [0, 0.05) is 5.02 Å². The number of hydrogen-bond donors (Lipinski definition) is 2. The number of hydrogen-bond acceptors (Lipinski definition) is 7. The largest absolute Gasteiger partial charge is 0.525 e. The minimum atomic E-state index is -4.04. The summed E-state index contributed by atoms with van der Waals surface area (Å²) in [4.78, 5) is 17.2. The van der Waals surface area contributed by atoms with Crippen LogP contribution in [0.1, 0.15) is 5.56 Å². The normalized spacial score (nSPS) is 12.0. The minimum absolute atomic E-state index is 0.106. The molecule has 0 bridgehead atoms. The molecule has 1 unspecified atom stereocenters. The van der Waals surface area contributed by atoms with Crippen molar-refractivity contribution in [2.75, 3.05) is 6.61 Å². The lowest BCUT2D eigenvalue weighted by molar-refractivity contribution is -0.133. The number of carbonyl (C=O) groups is 1. The molecule has 2 N–H and O–H groups in total. The van der Waals surface area contributed by atoms with Crippen molar-refractivity contribution in [3.63, 3.8) is 0 Å². The van der Waals surface area contributed by atoms with Crippen molar-refractivity contribution in [1.29, 1.82) is 0 Å². The number of nitrogens with one attached hydrogen (secondary N) is 2. The molecule has 190 valence electrons. The quantitative estimate of drug-likeness (QED) is 0.130. The molecule has 0 aliphatic rings. The van der Waals surface area contributed by atoms with Crippen molar-refractivity contribution in [3.05, 3.63) is 89.2 Å². The van der Waals surface area contributed by atoms with Gasteiger partial charge in [-0.3, -0.25) is 4.79 Å². The first-order chi connectivity index (χ1) is 17.1. The van der Waals surface area contributed by atoms with Gasteiger partial charge < -0.3 is 14.2 Å². The summed E-state index contributed by atoms with van der Waals surface area (Å²) < 4.78 is 51.8. The zero-order valence-electron chi connectivity index (χ0n) is 19.0. The van der Waals surface area contributed by atoms with Crippen LogP contribution in [0.3, 0.4) is 0 Å². The van der Waals surface area contributed by atoms with Crippen molar-refractivity contribution in [1.82, 2.24) is 10.2 Å². The van der Waals surface area contributed by atoms with Crippen LogP contribution in [0, 0.1) is 5.82 Å². The number of sulfonamides is 1. The number of benzene rings is 3. The lowest BCUT2D eigenvalue weighted by Gasteiger charge is -2.21. The van der Waals surface area contributed by atoms with Crippen LogP contribution in [0.2, 0.25) is 11.8 Å². The number of halogens is 3. The first kappa shape index (κ1) is 28.2. The smallest absolute Gasteiger partial charge is 0.428 e. The Morgan fingerprint density at radius 2 is 1.78 bits per heavy atom. The van der Waals surface area contributed by atoms with Crippen LogP contribution in [0.5, 0.6) is 11.5 Å². The van der Waals surface area contributed by atoms with Gasteiger partial charge in [-0.2, -0.15) is 4.72 Å². The molecule has 1 atom stereocenters. The molecule has 3 aromatic carbocycles. The second-order valence-electron chi connectivity index (χ2n) is 7.47. The molecule has 13 heteroatoms. The van der Waals surface area contributed by atoms with Crippen LogP contribution in [-0.4, -0.2) is 31.9 Å². The van der Waals surface area contributed by atoms with E-state index in [1.54, 1.807) is 55.4 Å². The first-order valence-electron chi connectivity index (χ1n) is 10.6. The van der Waals surface area contributed by atoms with Crippen LogP contribution >= 0.6 is 34.0 Å². The van der Waals surface area contributed by atoms with Crippen molar-refractivity contribution >= 4 is 54.7 Å². The average Bonchev–Trinajstić information content (AvgIpc) is 2.81. The molecule has 0 aliphatic carbocycles. The van der Waals surface area contributed by atoms with Gasteiger partial charge in [-0.15, -0.1) is 5.48 Å². The zero-order valence-corrected chi connectivity index (χ0v) is 22.7. The summed E-state index contributed by atoms with van der Waals surface area (Å²) in [6.07, 6.45) is -0.937. The highest BCUT2D eigenvalue weighted by Gasteiger charge is 2.22. The molecule has 0 saturated heterocycles.